The Morgan fingerprint density at radius 2 is 1.82 bits per heavy atom. The highest BCUT2D eigenvalue weighted by Crippen LogP contribution is 2.35. The fourth-order valence-electron chi connectivity index (χ4n) is 3.76. The Balaban J connectivity index is 1.75. The fraction of sp³-hybridized carbons (Fsp3) is 0.250. The highest BCUT2D eigenvalue weighted by Gasteiger charge is 2.35. The molecule has 2 aromatic carbocycles. The summed E-state index contributed by atoms with van der Waals surface area (Å²) in [5, 5.41) is 0.527. The van der Waals surface area contributed by atoms with E-state index in [9.17, 15) is 36.0 Å². The Kier molecular flexibility index (Phi) is 7.16. The van der Waals surface area contributed by atoms with Gasteiger partial charge in [0.15, 0.2) is 6.61 Å². The van der Waals surface area contributed by atoms with Crippen molar-refractivity contribution in [2.24, 2.45) is 7.05 Å². The second-order valence-electron chi connectivity index (χ2n) is 8.64. The number of sulfonamides is 1. The van der Waals surface area contributed by atoms with Crippen molar-refractivity contribution < 1.29 is 31.1 Å². The lowest BCUT2D eigenvalue weighted by Crippen LogP contribution is -2.40. The number of nitrogens with zero attached hydrogens (tertiary/aromatic N) is 4. The van der Waals surface area contributed by atoms with Gasteiger partial charge in [-0.2, -0.15) is 17.5 Å². The van der Waals surface area contributed by atoms with E-state index >= 15 is 0 Å². The van der Waals surface area contributed by atoms with Crippen molar-refractivity contribution in [3.05, 3.63) is 74.6 Å². The number of rotatable bonds is 6. The molecule has 0 saturated carbocycles. The zero-order valence-electron chi connectivity index (χ0n) is 20.9. The van der Waals surface area contributed by atoms with Crippen LogP contribution in [-0.2, 0) is 28.0 Å². The van der Waals surface area contributed by atoms with E-state index in [1.165, 1.54) is 12.1 Å². The van der Waals surface area contributed by atoms with Crippen molar-refractivity contribution in [2.75, 3.05) is 19.9 Å². The Morgan fingerprint density at radius 3 is 2.46 bits per heavy atom. The molecule has 0 fully saturated rings. The maximum Gasteiger partial charge on any atom is 0.431 e. The number of amides is 1. The third kappa shape index (κ3) is 5.45. The first-order valence-electron chi connectivity index (χ1n) is 11.1. The number of alkyl halides is 3. The van der Waals surface area contributed by atoms with E-state index in [2.05, 4.69) is 4.37 Å². The first-order valence-corrected chi connectivity index (χ1v) is 13.7. The van der Waals surface area contributed by atoms with E-state index < -0.39 is 45.7 Å². The van der Waals surface area contributed by atoms with Gasteiger partial charge in [0.1, 0.15) is 11.4 Å². The summed E-state index contributed by atoms with van der Waals surface area (Å²) < 4.78 is 75.1. The number of hydrogen-bond acceptors (Lipinski definition) is 8. The van der Waals surface area contributed by atoms with Gasteiger partial charge >= 0.3 is 11.9 Å². The minimum absolute atomic E-state index is 0.0581. The zero-order valence-corrected chi connectivity index (χ0v) is 22.6. The van der Waals surface area contributed by atoms with Crippen LogP contribution in [0.1, 0.15) is 11.3 Å². The molecule has 2 heterocycles. The van der Waals surface area contributed by atoms with E-state index in [1.807, 2.05) is 0 Å². The van der Waals surface area contributed by atoms with Gasteiger partial charge in [0.05, 0.1) is 22.3 Å². The van der Waals surface area contributed by atoms with Crippen LogP contribution in [0.2, 0.25) is 0 Å². The summed E-state index contributed by atoms with van der Waals surface area (Å²) in [7, 11) is -1.68. The SMILES string of the molecule is Cc1ccc(OCC(=O)N(C)S(C)(=O)=O)cc1-c1nsc2ccc(-n3c(=O)cc(C(F)(F)F)n(C)c3=O)cc12. The Hall–Kier alpha value is -3.98. The molecule has 39 heavy (non-hydrogen) atoms. The summed E-state index contributed by atoms with van der Waals surface area (Å²) >= 11 is 1.13. The lowest BCUT2D eigenvalue weighted by atomic mass is 10.0. The minimum Gasteiger partial charge on any atom is -0.484 e. The summed E-state index contributed by atoms with van der Waals surface area (Å²) in [4.78, 5) is 37.5. The molecule has 15 heteroatoms. The number of carbonyl (C=O) groups excluding carboxylic acids is 1. The summed E-state index contributed by atoms with van der Waals surface area (Å²) in [6.07, 6.45) is -3.99. The number of likely N-dealkylation sites (N-methyl/N-ethyl adjacent to an activating group) is 1. The average Bonchev–Trinajstić information content (AvgIpc) is 3.27. The molecule has 4 aromatic rings. The van der Waals surface area contributed by atoms with Gasteiger partial charge in [-0.1, -0.05) is 6.07 Å². The summed E-state index contributed by atoms with van der Waals surface area (Å²) in [6, 6.07) is 9.81. The van der Waals surface area contributed by atoms with Crippen molar-refractivity contribution in [1.82, 2.24) is 17.8 Å². The van der Waals surface area contributed by atoms with Crippen molar-refractivity contribution in [1.29, 1.82) is 0 Å². The molecule has 0 spiro atoms. The maximum atomic E-state index is 13.2. The van der Waals surface area contributed by atoms with Crippen molar-refractivity contribution in [2.45, 2.75) is 13.1 Å². The van der Waals surface area contributed by atoms with Crippen LogP contribution < -0.4 is 16.0 Å². The van der Waals surface area contributed by atoms with Gasteiger partial charge in [-0.25, -0.2) is 22.1 Å². The second kappa shape index (κ2) is 9.96. The maximum absolute atomic E-state index is 13.2. The van der Waals surface area contributed by atoms with Gasteiger partial charge in [0.2, 0.25) is 10.0 Å². The van der Waals surface area contributed by atoms with Gasteiger partial charge in [0.25, 0.3) is 11.5 Å². The Morgan fingerprint density at radius 1 is 1.13 bits per heavy atom. The molecular weight excluding hydrogens is 561 g/mol. The highest BCUT2D eigenvalue weighted by atomic mass is 32.2. The lowest BCUT2D eigenvalue weighted by Gasteiger charge is -2.15. The van der Waals surface area contributed by atoms with Crippen molar-refractivity contribution in [3.63, 3.8) is 0 Å². The van der Waals surface area contributed by atoms with Crippen LogP contribution in [0.4, 0.5) is 13.2 Å². The summed E-state index contributed by atoms with van der Waals surface area (Å²) in [5.74, 6) is -0.511. The molecule has 4 rings (SSSR count). The van der Waals surface area contributed by atoms with Gasteiger partial charge in [0, 0.05) is 31.1 Å². The highest BCUT2D eigenvalue weighted by molar-refractivity contribution is 7.88. The molecule has 0 aliphatic rings. The molecule has 2 aromatic heterocycles. The number of hydrogen-bond donors (Lipinski definition) is 0. The van der Waals surface area contributed by atoms with E-state index in [0.717, 1.165) is 37.4 Å². The topological polar surface area (TPSA) is 121 Å². The third-order valence-electron chi connectivity index (χ3n) is 6.00. The van der Waals surface area contributed by atoms with Crippen LogP contribution in [0.5, 0.6) is 5.75 Å². The quantitative estimate of drug-likeness (QED) is 0.343. The van der Waals surface area contributed by atoms with Crippen LogP contribution in [0.15, 0.2) is 52.1 Å². The predicted octanol–water partition coefficient (Wildman–Crippen LogP) is 2.94. The Bertz CT molecular complexity index is 1840. The third-order valence-corrected chi connectivity index (χ3v) is 8.02. The van der Waals surface area contributed by atoms with Crippen LogP contribution >= 0.6 is 11.5 Å². The molecular formula is C24H21F3N4O6S2. The van der Waals surface area contributed by atoms with Crippen molar-refractivity contribution in [3.8, 4) is 22.7 Å². The zero-order chi connectivity index (χ0) is 28.9. The van der Waals surface area contributed by atoms with E-state index in [1.54, 1.807) is 31.2 Å². The monoisotopic (exact) mass is 582 g/mol. The molecule has 0 saturated heterocycles. The van der Waals surface area contributed by atoms with E-state index in [4.69, 9.17) is 4.74 Å². The average molecular weight is 583 g/mol. The molecule has 0 bridgehead atoms. The smallest absolute Gasteiger partial charge is 0.431 e. The van der Waals surface area contributed by atoms with Crippen LogP contribution in [0.25, 0.3) is 27.0 Å². The Labute approximate surface area is 223 Å². The molecule has 0 aliphatic heterocycles. The predicted molar refractivity (Wildman–Crippen MR) is 139 cm³/mol. The molecule has 0 aliphatic carbocycles. The normalized spacial score (nSPS) is 12.1. The number of aromatic nitrogens is 3. The number of halogens is 3. The number of carbonyl (C=O) groups is 1. The summed E-state index contributed by atoms with van der Waals surface area (Å²) in [5.41, 5.74) is -1.78. The van der Waals surface area contributed by atoms with Gasteiger partial charge in [-0.3, -0.25) is 14.2 Å². The van der Waals surface area contributed by atoms with Crippen LogP contribution in [-0.4, -0.2) is 52.0 Å². The minimum atomic E-state index is -4.88. The number of benzene rings is 2. The van der Waals surface area contributed by atoms with Gasteiger partial charge in [-0.05, 0) is 54.4 Å². The molecule has 10 nitrogen and oxygen atoms in total. The number of ether oxygens (including phenoxy) is 1. The second-order valence-corrected chi connectivity index (χ2v) is 11.5. The number of aryl methyl sites for hydroxylation is 1. The number of fused-ring (bicyclic) bond motifs is 1. The first kappa shape index (κ1) is 28.0. The van der Waals surface area contributed by atoms with E-state index in [-0.39, 0.29) is 11.4 Å². The van der Waals surface area contributed by atoms with Gasteiger partial charge < -0.3 is 4.74 Å². The lowest BCUT2D eigenvalue weighted by molar-refractivity contribution is -0.144. The molecule has 206 valence electrons. The largest absolute Gasteiger partial charge is 0.484 e. The molecule has 1 amide bonds. The fourth-order valence-corrected chi connectivity index (χ4v) is 4.95. The molecule has 0 radical (unpaired) electrons. The molecule has 0 atom stereocenters. The summed E-state index contributed by atoms with van der Waals surface area (Å²) in [6.45, 7) is 1.26. The van der Waals surface area contributed by atoms with Crippen LogP contribution in [0.3, 0.4) is 0 Å². The van der Waals surface area contributed by atoms with Crippen LogP contribution in [0, 0.1) is 6.92 Å². The van der Waals surface area contributed by atoms with Crippen molar-refractivity contribution >= 4 is 37.5 Å². The molecule has 0 unspecified atom stereocenters. The van der Waals surface area contributed by atoms with E-state index in [0.29, 0.717) is 40.8 Å². The standard InChI is InChI=1S/C24H21F3N4O6S2/c1-13-5-7-15(37-12-21(33)30(3)39(4,35)36)10-16(13)22-17-9-14(6-8-18(17)38-28-22)31-20(32)11-19(24(25,26)27)29(2)23(31)34/h5-11H,12H2,1-4H3. The first-order chi connectivity index (χ1) is 18.1. The van der Waals surface area contributed by atoms with Gasteiger partial charge in [-0.15, -0.1) is 0 Å². The molecule has 0 N–H and O–H groups in total.